The zero-order valence-electron chi connectivity index (χ0n) is 16.4. The van der Waals surface area contributed by atoms with Crippen LogP contribution in [0.5, 0.6) is 5.75 Å². The van der Waals surface area contributed by atoms with Crippen molar-refractivity contribution >= 4 is 6.03 Å². The highest BCUT2D eigenvalue weighted by molar-refractivity contribution is 5.77. The molecule has 1 heterocycles. The number of ether oxygens (including phenoxy) is 1. The Bertz CT molecular complexity index is 969. The Morgan fingerprint density at radius 1 is 0.793 bits per heavy atom. The predicted molar refractivity (Wildman–Crippen MR) is 114 cm³/mol. The highest BCUT2D eigenvalue weighted by atomic mass is 16.5. The second-order valence-electron chi connectivity index (χ2n) is 7.07. The minimum atomic E-state index is -0.0992. The molecular weight excluding hydrogens is 360 g/mol. The Hall–Kier alpha value is -3.53. The van der Waals surface area contributed by atoms with Gasteiger partial charge in [-0.25, -0.2) is 4.79 Å². The molecule has 0 bridgehead atoms. The number of amides is 2. The van der Waals surface area contributed by atoms with E-state index in [4.69, 9.17) is 4.74 Å². The van der Waals surface area contributed by atoms with Crippen molar-refractivity contribution in [3.8, 4) is 5.75 Å². The van der Waals surface area contributed by atoms with E-state index in [9.17, 15) is 4.79 Å². The molecule has 146 valence electrons. The number of carbonyl (C=O) groups excluding carboxylic acids is 1. The molecule has 0 aromatic heterocycles. The van der Waals surface area contributed by atoms with Crippen molar-refractivity contribution < 1.29 is 9.53 Å². The quantitative estimate of drug-likeness (QED) is 0.571. The minimum Gasteiger partial charge on any atom is -0.497 e. The van der Waals surface area contributed by atoms with Gasteiger partial charge in [0.1, 0.15) is 5.75 Å². The number of hydrogen-bond donors (Lipinski definition) is 0. The van der Waals surface area contributed by atoms with Crippen LogP contribution in [-0.2, 0) is 13.1 Å². The number of benzene rings is 3. The summed E-state index contributed by atoms with van der Waals surface area (Å²) in [6.45, 7) is 1.08. The van der Waals surface area contributed by atoms with Gasteiger partial charge >= 0.3 is 6.03 Å². The van der Waals surface area contributed by atoms with Crippen molar-refractivity contribution in [3.63, 3.8) is 0 Å². The largest absolute Gasteiger partial charge is 0.497 e. The monoisotopic (exact) mass is 384 g/mol. The first-order valence-corrected chi connectivity index (χ1v) is 9.72. The second-order valence-corrected chi connectivity index (χ2v) is 7.07. The molecule has 0 radical (unpaired) electrons. The lowest BCUT2D eigenvalue weighted by molar-refractivity contribution is 0.143. The molecule has 1 aliphatic rings. The predicted octanol–water partition coefficient (Wildman–Crippen LogP) is 5.39. The summed E-state index contributed by atoms with van der Waals surface area (Å²) in [6, 6.07) is 28.0. The van der Waals surface area contributed by atoms with Crippen LogP contribution < -0.4 is 4.74 Å². The van der Waals surface area contributed by atoms with Crippen molar-refractivity contribution in [3.05, 3.63) is 114 Å². The lowest BCUT2D eigenvalue weighted by Gasteiger charge is -2.38. The zero-order valence-corrected chi connectivity index (χ0v) is 16.4. The van der Waals surface area contributed by atoms with E-state index in [1.807, 2.05) is 83.9 Å². The van der Waals surface area contributed by atoms with Crippen molar-refractivity contribution in [2.75, 3.05) is 7.11 Å². The van der Waals surface area contributed by atoms with Crippen LogP contribution in [0.15, 0.2) is 97.2 Å². The van der Waals surface area contributed by atoms with Crippen molar-refractivity contribution in [2.45, 2.75) is 19.1 Å². The van der Waals surface area contributed by atoms with Gasteiger partial charge in [0.05, 0.1) is 19.7 Å². The second kappa shape index (κ2) is 8.65. The third-order valence-electron chi connectivity index (χ3n) is 5.12. The topological polar surface area (TPSA) is 32.8 Å². The molecule has 2 amide bonds. The van der Waals surface area contributed by atoms with E-state index < -0.39 is 0 Å². The molecule has 0 saturated carbocycles. The van der Waals surface area contributed by atoms with Gasteiger partial charge in [0.25, 0.3) is 0 Å². The maximum absolute atomic E-state index is 13.4. The lowest BCUT2D eigenvalue weighted by Crippen LogP contribution is -2.44. The third-order valence-corrected chi connectivity index (χ3v) is 5.12. The zero-order chi connectivity index (χ0) is 20.1. The number of hydrogen-bond acceptors (Lipinski definition) is 2. The number of nitrogens with zero attached hydrogens (tertiary/aromatic N) is 2. The van der Waals surface area contributed by atoms with Crippen LogP contribution >= 0.6 is 0 Å². The van der Waals surface area contributed by atoms with Gasteiger partial charge < -0.3 is 9.64 Å². The van der Waals surface area contributed by atoms with Crippen LogP contribution in [0.3, 0.4) is 0 Å². The molecule has 1 atom stereocenters. The molecule has 0 aliphatic carbocycles. The van der Waals surface area contributed by atoms with Gasteiger partial charge in [0.15, 0.2) is 0 Å². The van der Waals surface area contributed by atoms with Crippen LogP contribution in [0.4, 0.5) is 4.79 Å². The summed E-state index contributed by atoms with van der Waals surface area (Å²) in [5.41, 5.74) is 3.27. The van der Waals surface area contributed by atoms with Crippen LogP contribution in [0.2, 0.25) is 0 Å². The molecule has 0 N–H and O–H groups in total. The fourth-order valence-electron chi connectivity index (χ4n) is 3.57. The van der Waals surface area contributed by atoms with E-state index in [0.29, 0.717) is 13.1 Å². The average molecular weight is 384 g/mol. The summed E-state index contributed by atoms with van der Waals surface area (Å²) < 4.78 is 5.25. The number of urea groups is 1. The molecule has 0 unspecified atom stereocenters. The first-order valence-electron chi connectivity index (χ1n) is 9.72. The van der Waals surface area contributed by atoms with Gasteiger partial charge in [-0.3, -0.25) is 4.90 Å². The number of carbonyl (C=O) groups is 1. The SMILES string of the molecule is COc1ccc(CN2C(=O)N(Cc3ccccc3)C=C[C@@H]2c2ccccc2)cc1. The average Bonchev–Trinajstić information content (AvgIpc) is 2.78. The Morgan fingerprint density at radius 3 is 2.07 bits per heavy atom. The van der Waals surface area contributed by atoms with Crippen LogP contribution in [0.1, 0.15) is 22.7 Å². The Balaban J connectivity index is 1.62. The van der Waals surface area contributed by atoms with Gasteiger partial charge in [-0.2, -0.15) is 0 Å². The summed E-state index contributed by atoms with van der Waals surface area (Å²) in [5.74, 6) is 0.809. The van der Waals surface area contributed by atoms with Crippen molar-refractivity contribution in [1.82, 2.24) is 9.80 Å². The van der Waals surface area contributed by atoms with Gasteiger partial charge in [-0.05, 0) is 34.9 Å². The summed E-state index contributed by atoms with van der Waals surface area (Å²) in [5, 5.41) is 0. The van der Waals surface area contributed by atoms with Crippen LogP contribution in [0.25, 0.3) is 0 Å². The van der Waals surface area contributed by atoms with Crippen molar-refractivity contribution in [1.29, 1.82) is 0 Å². The Kier molecular flexibility index (Phi) is 5.61. The Morgan fingerprint density at radius 2 is 1.41 bits per heavy atom. The van der Waals surface area contributed by atoms with E-state index in [1.165, 1.54) is 0 Å². The van der Waals surface area contributed by atoms with Gasteiger partial charge in [0, 0.05) is 12.7 Å². The number of methoxy groups -OCH3 is 1. The fraction of sp³-hybridized carbons (Fsp3) is 0.160. The van der Waals surface area contributed by atoms with E-state index in [-0.39, 0.29) is 12.1 Å². The standard InChI is InChI=1S/C25H24N2O2/c1-29-23-14-12-21(13-15-23)19-27-24(22-10-6-3-7-11-22)16-17-26(25(27)28)18-20-8-4-2-5-9-20/h2-17,24H,18-19H2,1H3/t24-/m1/s1. The third kappa shape index (κ3) is 4.32. The molecule has 0 fully saturated rings. The molecular formula is C25H24N2O2. The molecule has 1 aliphatic heterocycles. The molecule has 0 saturated heterocycles. The first-order chi connectivity index (χ1) is 14.2. The van der Waals surface area contributed by atoms with Gasteiger partial charge in [-0.1, -0.05) is 72.8 Å². The van der Waals surface area contributed by atoms with E-state index >= 15 is 0 Å². The van der Waals surface area contributed by atoms with Crippen molar-refractivity contribution in [2.24, 2.45) is 0 Å². The van der Waals surface area contributed by atoms with Gasteiger partial charge in [0.2, 0.25) is 0 Å². The molecule has 4 rings (SSSR count). The summed E-state index contributed by atoms with van der Waals surface area (Å²) in [6.07, 6.45) is 4.01. The molecule has 3 aromatic carbocycles. The van der Waals surface area contributed by atoms with E-state index in [2.05, 4.69) is 18.2 Å². The minimum absolute atomic E-state index is 0.000948. The highest BCUT2D eigenvalue weighted by Gasteiger charge is 2.30. The molecule has 29 heavy (non-hydrogen) atoms. The summed E-state index contributed by atoms with van der Waals surface area (Å²) in [7, 11) is 1.65. The smallest absolute Gasteiger partial charge is 0.325 e. The first kappa shape index (κ1) is 18.8. The van der Waals surface area contributed by atoms with Gasteiger partial charge in [-0.15, -0.1) is 0 Å². The highest BCUT2D eigenvalue weighted by Crippen LogP contribution is 2.30. The summed E-state index contributed by atoms with van der Waals surface area (Å²) in [4.78, 5) is 17.1. The summed E-state index contributed by atoms with van der Waals surface area (Å²) >= 11 is 0. The molecule has 3 aromatic rings. The maximum atomic E-state index is 13.4. The lowest BCUT2D eigenvalue weighted by atomic mass is 10.0. The maximum Gasteiger partial charge on any atom is 0.325 e. The molecule has 4 heteroatoms. The Labute approximate surface area is 171 Å². The van der Waals surface area contributed by atoms with E-state index in [1.54, 1.807) is 12.0 Å². The van der Waals surface area contributed by atoms with E-state index in [0.717, 1.165) is 22.4 Å². The normalized spacial score (nSPS) is 16.2. The number of rotatable bonds is 6. The van der Waals surface area contributed by atoms with Crippen LogP contribution in [0, 0.1) is 0 Å². The molecule has 4 nitrogen and oxygen atoms in total. The van der Waals surface area contributed by atoms with Crippen LogP contribution in [-0.4, -0.2) is 22.9 Å². The molecule has 0 spiro atoms. The fourth-order valence-corrected chi connectivity index (χ4v) is 3.57.